The van der Waals surface area contributed by atoms with Crippen LogP contribution in [0.15, 0.2) is 17.0 Å². The predicted octanol–water partition coefficient (Wildman–Crippen LogP) is 3.45. The molecule has 0 aliphatic carbocycles. The van der Waals surface area contributed by atoms with Gasteiger partial charge in [0.05, 0.1) is 0 Å². The molecule has 0 fully saturated rings. The molecular weight excluding hydrogens is 202 g/mol. The molecule has 82 valence electrons. The Hall–Kier alpha value is -0.470. The Labute approximate surface area is 96.7 Å². The van der Waals surface area contributed by atoms with E-state index in [-0.39, 0.29) is 0 Å². The summed E-state index contributed by atoms with van der Waals surface area (Å²) in [5, 5.41) is 3.65. The lowest BCUT2D eigenvalue weighted by atomic mass is 9.99. The lowest BCUT2D eigenvalue weighted by Crippen LogP contribution is -2.28. The molecule has 1 N–H and O–H groups in total. The average molecular weight is 221 g/mol. The van der Waals surface area contributed by atoms with Gasteiger partial charge in [0.25, 0.3) is 0 Å². The number of hydrogen-bond acceptors (Lipinski definition) is 2. The van der Waals surface area contributed by atoms with Crippen LogP contribution in [0.5, 0.6) is 0 Å². The summed E-state index contributed by atoms with van der Waals surface area (Å²) in [5.74, 6) is 1.18. The van der Waals surface area contributed by atoms with Crippen molar-refractivity contribution >= 4 is 11.8 Å². The van der Waals surface area contributed by atoms with Gasteiger partial charge in [-0.1, -0.05) is 26.0 Å². The van der Waals surface area contributed by atoms with Gasteiger partial charge in [0, 0.05) is 22.7 Å². The zero-order chi connectivity index (χ0) is 11.0. The van der Waals surface area contributed by atoms with Crippen LogP contribution in [0, 0.1) is 13.8 Å². The number of aryl methyl sites for hydroxylation is 2. The van der Waals surface area contributed by atoms with Crippen molar-refractivity contribution in [3.8, 4) is 0 Å². The van der Waals surface area contributed by atoms with Crippen molar-refractivity contribution in [2.45, 2.75) is 44.7 Å². The molecule has 0 radical (unpaired) electrons. The largest absolute Gasteiger partial charge is 0.307 e. The summed E-state index contributed by atoms with van der Waals surface area (Å²) in [6.45, 7) is 8.86. The second-order valence-electron chi connectivity index (χ2n) is 4.63. The monoisotopic (exact) mass is 221 g/mol. The number of thioether (sulfide) groups is 1. The molecule has 0 amide bonds. The average Bonchev–Trinajstić information content (AvgIpc) is 2.56. The van der Waals surface area contributed by atoms with Gasteiger partial charge in [0.1, 0.15) is 0 Å². The Kier molecular flexibility index (Phi) is 3.08. The maximum atomic E-state index is 3.65. The van der Waals surface area contributed by atoms with Gasteiger partial charge in [0.2, 0.25) is 0 Å². The van der Waals surface area contributed by atoms with Crippen LogP contribution in [0.4, 0.5) is 0 Å². The van der Waals surface area contributed by atoms with E-state index in [9.17, 15) is 0 Å². The molecule has 2 rings (SSSR count). The van der Waals surface area contributed by atoms with Crippen molar-refractivity contribution < 1.29 is 0 Å². The third-order valence-electron chi connectivity index (χ3n) is 2.89. The van der Waals surface area contributed by atoms with Crippen molar-refractivity contribution in [3.63, 3.8) is 0 Å². The molecule has 0 aromatic heterocycles. The molecule has 1 heterocycles. The van der Waals surface area contributed by atoms with Crippen LogP contribution >= 0.6 is 11.8 Å². The van der Waals surface area contributed by atoms with Gasteiger partial charge in [-0.3, -0.25) is 0 Å². The highest BCUT2D eigenvalue weighted by Crippen LogP contribution is 2.42. The first-order valence-electron chi connectivity index (χ1n) is 5.58. The molecule has 1 aliphatic rings. The fraction of sp³-hybridized carbons (Fsp3) is 0.538. The van der Waals surface area contributed by atoms with Crippen LogP contribution in [0.1, 0.15) is 36.6 Å². The van der Waals surface area contributed by atoms with Gasteiger partial charge in [-0.05, 0) is 30.5 Å². The minimum atomic E-state index is 0.546. The van der Waals surface area contributed by atoms with Crippen molar-refractivity contribution in [1.82, 2.24) is 5.32 Å². The van der Waals surface area contributed by atoms with E-state index in [1.165, 1.54) is 27.3 Å². The quantitative estimate of drug-likeness (QED) is 0.821. The summed E-state index contributed by atoms with van der Waals surface area (Å²) in [6.07, 6.45) is 0. The summed E-state index contributed by atoms with van der Waals surface area (Å²) in [7, 11) is 0. The molecule has 0 saturated carbocycles. The van der Waals surface area contributed by atoms with Crippen LogP contribution in [0.2, 0.25) is 0 Å². The van der Waals surface area contributed by atoms with E-state index in [1.807, 2.05) is 11.8 Å². The van der Waals surface area contributed by atoms with Gasteiger partial charge < -0.3 is 5.32 Å². The number of benzene rings is 1. The fourth-order valence-corrected chi connectivity index (χ4v) is 3.57. The number of fused-ring (bicyclic) bond motifs is 1. The maximum absolute atomic E-state index is 3.65. The van der Waals surface area contributed by atoms with Crippen LogP contribution in [0.25, 0.3) is 0 Å². The van der Waals surface area contributed by atoms with E-state index >= 15 is 0 Å². The molecule has 1 aliphatic heterocycles. The molecule has 15 heavy (non-hydrogen) atoms. The molecular formula is C13H19NS. The number of hydrogen-bond donors (Lipinski definition) is 1. The van der Waals surface area contributed by atoms with Gasteiger partial charge in [0.15, 0.2) is 0 Å². The second-order valence-corrected chi connectivity index (χ2v) is 5.66. The number of nitrogens with one attached hydrogen (secondary N) is 1. The van der Waals surface area contributed by atoms with Crippen molar-refractivity contribution in [1.29, 1.82) is 0 Å². The lowest BCUT2D eigenvalue weighted by molar-refractivity contribution is 0.511. The first kappa shape index (κ1) is 11.0. The first-order chi connectivity index (χ1) is 7.09. The molecule has 2 heteroatoms. The van der Waals surface area contributed by atoms with E-state index in [4.69, 9.17) is 0 Å². The Morgan fingerprint density at radius 2 is 1.93 bits per heavy atom. The van der Waals surface area contributed by atoms with E-state index in [2.05, 4.69) is 45.1 Å². The van der Waals surface area contributed by atoms with E-state index in [0.29, 0.717) is 12.1 Å². The zero-order valence-corrected chi connectivity index (χ0v) is 10.7. The minimum absolute atomic E-state index is 0.546. The topological polar surface area (TPSA) is 12.0 Å². The van der Waals surface area contributed by atoms with Gasteiger partial charge >= 0.3 is 0 Å². The SMILES string of the molecule is Cc1ccc(C)c2c1SCC2NC(C)C. The predicted molar refractivity (Wildman–Crippen MR) is 67.7 cm³/mol. The maximum Gasteiger partial charge on any atom is 0.0431 e. The molecule has 1 nitrogen and oxygen atoms in total. The third-order valence-corrected chi connectivity index (χ3v) is 4.22. The number of rotatable bonds is 2. The smallest absolute Gasteiger partial charge is 0.0431 e. The highest BCUT2D eigenvalue weighted by Gasteiger charge is 2.26. The van der Waals surface area contributed by atoms with E-state index in [1.54, 1.807) is 0 Å². The second kappa shape index (κ2) is 4.18. The highest BCUT2D eigenvalue weighted by molar-refractivity contribution is 7.99. The molecule has 1 aromatic carbocycles. The third kappa shape index (κ3) is 2.06. The van der Waals surface area contributed by atoms with Crippen molar-refractivity contribution in [3.05, 3.63) is 28.8 Å². The van der Waals surface area contributed by atoms with Crippen molar-refractivity contribution in [2.24, 2.45) is 0 Å². The Morgan fingerprint density at radius 3 is 2.60 bits per heavy atom. The summed E-state index contributed by atoms with van der Waals surface area (Å²) in [4.78, 5) is 1.51. The summed E-state index contributed by atoms with van der Waals surface area (Å²) in [6, 6.07) is 5.58. The highest BCUT2D eigenvalue weighted by atomic mass is 32.2. The zero-order valence-electron chi connectivity index (χ0n) is 9.92. The van der Waals surface area contributed by atoms with E-state index < -0.39 is 0 Å². The van der Waals surface area contributed by atoms with Crippen LogP contribution in [0.3, 0.4) is 0 Å². The molecule has 1 unspecified atom stereocenters. The van der Waals surface area contributed by atoms with Crippen LogP contribution < -0.4 is 5.32 Å². The molecule has 0 bridgehead atoms. The van der Waals surface area contributed by atoms with Crippen LogP contribution in [-0.4, -0.2) is 11.8 Å². The molecule has 0 spiro atoms. The Morgan fingerprint density at radius 1 is 1.27 bits per heavy atom. The summed E-state index contributed by atoms with van der Waals surface area (Å²) in [5.41, 5.74) is 4.39. The lowest BCUT2D eigenvalue weighted by Gasteiger charge is -2.18. The minimum Gasteiger partial charge on any atom is -0.307 e. The summed E-state index contributed by atoms with van der Waals surface area (Å²) < 4.78 is 0. The summed E-state index contributed by atoms with van der Waals surface area (Å²) >= 11 is 2.00. The van der Waals surface area contributed by atoms with Gasteiger partial charge in [-0.25, -0.2) is 0 Å². The first-order valence-corrected chi connectivity index (χ1v) is 6.57. The van der Waals surface area contributed by atoms with Crippen molar-refractivity contribution in [2.75, 3.05) is 5.75 Å². The van der Waals surface area contributed by atoms with Gasteiger partial charge in [-0.2, -0.15) is 0 Å². The molecule has 1 aromatic rings. The Bertz CT molecular complexity index is 371. The molecule has 1 atom stereocenters. The van der Waals surface area contributed by atoms with Crippen LogP contribution in [-0.2, 0) is 0 Å². The standard InChI is InChI=1S/C13H19NS/c1-8(2)14-11-7-15-13-10(4)6-5-9(3)12(11)13/h5-6,8,11,14H,7H2,1-4H3. The van der Waals surface area contributed by atoms with E-state index in [0.717, 1.165) is 0 Å². The molecule has 0 saturated heterocycles. The van der Waals surface area contributed by atoms with Gasteiger partial charge in [-0.15, -0.1) is 11.8 Å². The fourth-order valence-electron chi connectivity index (χ4n) is 2.22. The normalized spacial score (nSPS) is 19.7. The Balaban J connectivity index is 2.37.